The Balaban J connectivity index is 1.46. The molecule has 148 valence electrons. The van der Waals surface area contributed by atoms with Crippen LogP contribution in [0, 0.1) is 12.8 Å². The molecule has 1 nitrogen and oxygen atoms in total. The SMILES string of the molecule is Cc1cc(-c2ccc(Cl)cc2Cl)cc2c1C[C@H]1CCN(Cc3ccccc3)C[C@@H]21. The summed E-state index contributed by atoms with van der Waals surface area (Å²) < 4.78 is 0. The summed E-state index contributed by atoms with van der Waals surface area (Å²) in [5.74, 6) is 1.39. The zero-order chi connectivity index (χ0) is 20.0. The molecular weight excluding hydrogens is 397 g/mol. The van der Waals surface area contributed by atoms with Crippen molar-refractivity contribution in [3.63, 3.8) is 0 Å². The van der Waals surface area contributed by atoms with E-state index in [0.717, 1.165) is 29.6 Å². The van der Waals surface area contributed by atoms with Gasteiger partial charge in [-0.05, 0) is 72.2 Å². The van der Waals surface area contributed by atoms with E-state index >= 15 is 0 Å². The quantitative estimate of drug-likeness (QED) is 0.434. The van der Waals surface area contributed by atoms with Crippen LogP contribution in [-0.2, 0) is 13.0 Å². The van der Waals surface area contributed by atoms with Crippen LogP contribution >= 0.6 is 23.2 Å². The van der Waals surface area contributed by atoms with Crippen LogP contribution in [-0.4, -0.2) is 18.0 Å². The molecule has 3 aromatic rings. The highest BCUT2D eigenvalue weighted by atomic mass is 35.5. The first-order chi connectivity index (χ1) is 14.1. The van der Waals surface area contributed by atoms with E-state index in [2.05, 4.69) is 54.3 Å². The second-order valence-electron chi connectivity index (χ2n) is 8.57. The van der Waals surface area contributed by atoms with Crippen molar-refractivity contribution >= 4 is 23.2 Å². The Morgan fingerprint density at radius 3 is 2.62 bits per heavy atom. The highest BCUT2D eigenvalue weighted by Gasteiger charge is 2.37. The average Bonchev–Trinajstić information content (AvgIpc) is 3.07. The van der Waals surface area contributed by atoms with Crippen LogP contribution in [0.2, 0.25) is 10.0 Å². The van der Waals surface area contributed by atoms with Gasteiger partial charge in [0.1, 0.15) is 0 Å². The van der Waals surface area contributed by atoms with E-state index in [1.807, 2.05) is 18.2 Å². The summed E-state index contributed by atoms with van der Waals surface area (Å²) in [6, 6.07) is 21.3. The monoisotopic (exact) mass is 421 g/mol. The van der Waals surface area contributed by atoms with E-state index in [1.54, 1.807) is 5.56 Å². The third kappa shape index (κ3) is 3.72. The van der Waals surface area contributed by atoms with E-state index in [1.165, 1.54) is 41.6 Å². The summed E-state index contributed by atoms with van der Waals surface area (Å²) >= 11 is 12.6. The topological polar surface area (TPSA) is 3.24 Å². The lowest BCUT2D eigenvalue weighted by atomic mass is 9.85. The maximum atomic E-state index is 6.53. The number of rotatable bonds is 3. The highest BCUT2D eigenvalue weighted by molar-refractivity contribution is 6.36. The molecule has 0 spiro atoms. The number of hydrogen-bond donors (Lipinski definition) is 0. The van der Waals surface area contributed by atoms with E-state index < -0.39 is 0 Å². The van der Waals surface area contributed by atoms with Gasteiger partial charge in [-0.25, -0.2) is 0 Å². The van der Waals surface area contributed by atoms with Gasteiger partial charge in [-0.1, -0.05) is 71.7 Å². The molecule has 0 N–H and O–H groups in total. The van der Waals surface area contributed by atoms with Crippen molar-refractivity contribution in [1.82, 2.24) is 4.90 Å². The first-order valence-corrected chi connectivity index (χ1v) is 11.2. The minimum Gasteiger partial charge on any atom is -0.298 e. The molecular formula is C26H25Cl2N. The Hall–Kier alpha value is -1.80. The van der Waals surface area contributed by atoms with Crippen molar-refractivity contribution in [1.29, 1.82) is 0 Å². The molecule has 0 radical (unpaired) electrons. The molecule has 3 heteroatoms. The number of aryl methyl sites for hydroxylation is 1. The predicted molar refractivity (Wildman–Crippen MR) is 123 cm³/mol. The number of nitrogens with zero attached hydrogens (tertiary/aromatic N) is 1. The van der Waals surface area contributed by atoms with Crippen molar-refractivity contribution in [2.24, 2.45) is 5.92 Å². The van der Waals surface area contributed by atoms with Gasteiger partial charge in [0.05, 0.1) is 0 Å². The number of likely N-dealkylation sites (tertiary alicyclic amines) is 1. The van der Waals surface area contributed by atoms with E-state index in [0.29, 0.717) is 10.9 Å². The van der Waals surface area contributed by atoms with Crippen molar-refractivity contribution < 1.29 is 0 Å². The van der Waals surface area contributed by atoms with Crippen molar-refractivity contribution in [3.05, 3.63) is 93.0 Å². The van der Waals surface area contributed by atoms with E-state index in [9.17, 15) is 0 Å². The summed E-state index contributed by atoms with van der Waals surface area (Å²) in [5.41, 5.74) is 8.19. The molecule has 0 unspecified atom stereocenters. The molecule has 1 aliphatic heterocycles. The molecule has 0 aromatic heterocycles. The largest absolute Gasteiger partial charge is 0.298 e. The Morgan fingerprint density at radius 2 is 1.83 bits per heavy atom. The number of fused-ring (bicyclic) bond motifs is 3. The van der Waals surface area contributed by atoms with Crippen molar-refractivity contribution in [2.45, 2.75) is 32.2 Å². The van der Waals surface area contributed by atoms with Crippen LogP contribution in [0.15, 0.2) is 60.7 Å². The minimum absolute atomic E-state index is 0.618. The lowest BCUT2D eigenvalue weighted by Gasteiger charge is -2.35. The summed E-state index contributed by atoms with van der Waals surface area (Å²) in [6.07, 6.45) is 2.50. The van der Waals surface area contributed by atoms with Crippen molar-refractivity contribution in [3.8, 4) is 11.1 Å². The molecule has 1 fully saturated rings. The Labute approximate surface area is 183 Å². The second-order valence-corrected chi connectivity index (χ2v) is 9.41. The van der Waals surface area contributed by atoms with Gasteiger partial charge < -0.3 is 0 Å². The smallest absolute Gasteiger partial charge is 0.0499 e. The minimum atomic E-state index is 0.618. The van der Waals surface area contributed by atoms with Crippen LogP contribution in [0.4, 0.5) is 0 Å². The number of halogens is 2. The van der Waals surface area contributed by atoms with E-state index in [-0.39, 0.29) is 0 Å². The third-order valence-electron chi connectivity index (χ3n) is 6.70. The van der Waals surface area contributed by atoms with Gasteiger partial charge in [-0.15, -0.1) is 0 Å². The maximum absolute atomic E-state index is 6.53. The van der Waals surface area contributed by atoms with Crippen LogP contribution in [0.5, 0.6) is 0 Å². The van der Waals surface area contributed by atoms with Crippen LogP contribution in [0.1, 0.15) is 34.6 Å². The molecule has 1 heterocycles. The zero-order valence-corrected chi connectivity index (χ0v) is 18.2. The lowest BCUT2D eigenvalue weighted by Crippen LogP contribution is -2.37. The molecule has 1 saturated heterocycles. The van der Waals surface area contributed by atoms with Gasteiger partial charge in [-0.3, -0.25) is 4.90 Å². The normalized spacial score (nSPS) is 21.1. The maximum Gasteiger partial charge on any atom is 0.0499 e. The second kappa shape index (κ2) is 7.80. The number of hydrogen-bond acceptors (Lipinski definition) is 1. The van der Waals surface area contributed by atoms with E-state index in [4.69, 9.17) is 23.2 Å². The fraction of sp³-hybridized carbons (Fsp3) is 0.308. The zero-order valence-electron chi connectivity index (χ0n) is 16.7. The Kier molecular flexibility index (Phi) is 5.16. The molecule has 5 rings (SSSR count). The number of piperidine rings is 1. The highest BCUT2D eigenvalue weighted by Crippen LogP contribution is 2.46. The van der Waals surface area contributed by atoms with Gasteiger partial charge >= 0.3 is 0 Å². The predicted octanol–water partition coefficient (Wildman–Crippen LogP) is 7.13. The van der Waals surface area contributed by atoms with Crippen molar-refractivity contribution in [2.75, 3.05) is 13.1 Å². The summed E-state index contributed by atoms with van der Waals surface area (Å²) in [6.45, 7) is 5.63. The molecule has 0 saturated carbocycles. The summed E-state index contributed by atoms with van der Waals surface area (Å²) in [7, 11) is 0. The molecule has 3 aromatic carbocycles. The summed E-state index contributed by atoms with van der Waals surface area (Å²) in [5, 5.41) is 1.40. The molecule has 2 atom stereocenters. The van der Waals surface area contributed by atoms with Gasteiger partial charge in [0.25, 0.3) is 0 Å². The fourth-order valence-corrected chi connectivity index (χ4v) is 5.76. The molecule has 29 heavy (non-hydrogen) atoms. The lowest BCUT2D eigenvalue weighted by molar-refractivity contribution is 0.161. The standard InChI is InChI=1S/C26H25Cl2N/c1-17-11-20(22-8-7-21(27)14-26(22)28)13-24-23(17)12-19-9-10-29(16-25(19)24)15-18-5-3-2-4-6-18/h2-8,11,13-14,19,25H,9-10,12,15-16H2,1H3/t19-,25-/m1/s1. The van der Waals surface area contributed by atoms with Gasteiger partial charge in [0.15, 0.2) is 0 Å². The summed E-state index contributed by atoms with van der Waals surface area (Å²) in [4.78, 5) is 2.63. The number of benzene rings is 3. The third-order valence-corrected chi connectivity index (χ3v) is 7.25. The Bertz CT molecular complexity index is 1040. The fourth-order valence-electron chi connectivity index (χ4n) is 5.25. The van der Waals surface area contributed by atoms with Gasteiger partial charge in [0.2, 0.25) is 0 Å². The first-order valence-electron chi connectivity index (χ1n) is 10.4. The molecule has 0 amide bonds. The Morgan fingerprint density at radius 1 is 1.00 bits per heavy atom. The molecule has 1 aliphatic carbocycles. The van der Waals surface area contributed by atoms with Gasteiger partial charge in [0, 0.05) is 34.6 Å². The van der Waals surface area contributed by atoms with Crippen LogP contribution < -0.4 is 0 Å². The molecule has 0 bridgehead atoms. The van der Waals surface area contributed by atoms with Gasteiger partial charge in [-0.2, -0.15) is 0 Å². The first kappa shape index (κ1) is 19.2. The average molecular weight is 422 g/mol. The molecule has 2 aliphatic rings. The van der Waals surface area contributed by atoms with Crippen LogP contribution in [0.25, 0.3) is 11.1 Å². The van der Waals surface area contributed by atoms with Crippen LogP contribution in [0.3, 0.4) is 0 Å².